The quantitative estimate of drug-likeness (QED) is 0.867. The van der Waals surface area contributed by atoms with Crippen LogP contribution in [0, 0.1) is 5.82 Å². The van der Waals surface area contributed by atoms with E-state index in [1.54, 1.807) is 17.0 Å². The molecule has 1 saturated heterocycles. The Morgan fingerprint density at radius 2 is 2.00 bits per heavy atom. The first-order valence-corrected chi connectivity index (χ1v) is 7.93. The van der Waals surface area contributed by atoms with Crippen molar-refractivity contribution in [2.45, 2.75) is 18.9 Å². The summed E-state index contributed by atoms with van der Waals surface area (Å²) >= 11 is 0. The second kappa shape index (κ2) is 7.38. The van der Waals surface area contributed by atoms with Gasteiger partial charge in [0.15, 0.2) is 0 Å². The topological polar surface area (TPSA) is 29.5 Å². The van der Waals surface area contributed by atoms with Crippen LogP contribution in [-0.2, 0) is 11.2 Å². The van der Waals surface area contributed by atoms with Crippen LogP contribution in [0.5, 0.6) is 0 Å². The Bertz CT molecular complexity index is 659. The van der Waals surface area contributed by atoms with Crippen LogP contribution in [0.4, 0.5) is 4.39 Å². The normalized spacial score (nSPS) is 18.0. The number of carbonyl (C=O) groups is 1. The molecule has 1 aliphatic heterocycles. The fourth-order valence-electron chi connectivity index (χ4n) is 2.85. The Hall–Kier alpha value is -2.20. The van der Waals surface area contributed by atoms with Crippen molar-refractivity contribution in [1.82, 2.24) is 4.90 Å². The van der Waals surface area contributed by atoms with Gasteiger partial charge in [0.05, 0.1) is 12.7 Å². The van der Waals surface area contributed by atoms with E-state index in [2.05, 4.69) is 12.1 Å². The zero-order chi connectivity index (χ0) is 16.1. The summed E-state index contributed by atoms with van der Waals surface area (Å²) in [7, 11) is 0. The maximum Gasteiger partial charge on any atom is 0.254 e. The zero-order valence-electron chi connectivity index (χ0n) is 13.0. The molecule has 2 aromatic carbocycles. The van der Waals surface area contributed by atoms with Gasteiger partial charge in [0, 0.05) is 18.7 Å². The molecule has 3 nitrogen and oxygen atoms in total. The first kappa shape index (κ1) is 15.7. The molecular formula is C19H20FNO2. The van der Waals surface area contributed by atoms with Gasteiger partial charge in [-0.2, -0.15) is 0 Å². The summed E-state index contributed by atoms with van der Waals surface area (Å²) < 4.78 is 19.1. The third-order valence-electron chi connectivity index (χ3n) is 4.10. The minimum absolute atomic E-state index is 0.0291. The van der Waals surface area contributed by atoms with Crippen molar-refractivity contribution in [3.05, 3.63) is 71.5 Å². The molecule has 0 saturated carbocycles. The van der Waals surface area contributed by atoms with Gasteiger partial charge in [-0.3, -0.25) is 4.79 Å². The number of rotatable bonds is 4. The van der Waals surface area contributed by atoms with E-state index in [9.17, 15) is 9.18 Å². The SMILES string of the molecule is O=C(c1cccc(F)c1)N1CCOC(CCc2ccccc2)C1. The van der Waals surface area contributed by atoms with Crippen molar-refractivity contribution < 1.29 is 13.9 Å². The molecule has 0 bridgehead atoms. The Balaban J connectivity index is 1.58. The lowest BCUT2D eigenvalue weighted by Crippen LogP contribution is -2.45. The molecule has 1 unspecified atom stereocenters. The van der Waals surface area contributed by atoms with Crippen LogP contribution in [0.3, 0.4) is 0 Å². The second-order valence-corrected chi connectivity index (χ2v) is 5.78. The Labute approximate surface area is 135 Å². The first-order valence-electron chi connectivity index (χ1n) is 7.93. The summed E-state index contributed by atoms with van der Waals surface area (Å²) in [5, 5.41) is 0. The van der Waals surface area contributed by atoms with Crippen molar-refractivity contribution in [2.24, 2.45) is 0 Å². The number of halogens is 1. The number of nitrogens with zero attached hydrogens (tertiary/aromatic N) is 1. The number of benzene rings is 2. The van der Waals surface area contributed by atoms with Gasteiger partial charge >= 0.3 is 0 Å². The number of hydrogen-bond donors (Lipinski definition) is 0. The van der Waals surface area contributed by atoms with Gasteiger partial charge in [-0.05, 0) is 36.6 Å². The maximum absolute atomic E-state index is 13.3. The highest BCUT2D eigenvalue weighted by atomic mass is 19.1. The lowest BCUT2D eigenvalue weighted by molar-refractivity contribution is -0.0246. The van der Waals surface area contributed by atoms with E-state index in [0.717, 1.165) is 12.8 Å². The first-order chi connectivity index (χ1) is 11.2. The van der Waals surface area contributed by atoms with Gasteiger partial charge in [-0.25, -0.2) is 4.39 Å². The summed E-state index contributed by atoms with van der Waals surface area (Å²) in [5.41, 5.74) is 1.67. The summed E-state index contributed by atoms with van der Waals surface area (Å²) in [6.45, 7) is 1.64. The summed E-state index contributed by atoms with van der Waals surface area (Å²) in [6.07, 6.45) is 1.83. The molecule has 23 heavy (non-hydrogen) atoms. The van der Waals surface area contributed by atoms with E-state index in [0.29, 0.717) is 25.3 Å². The minimum Gasteiger partial charge on any atom is -0.375 e. The van der Waals surface area contributed by atoms with Crippen LogP contribution >= 0.6 is 0 Å². The Morgan fingerprint density at radius 3 is 2.78 bits per heavy atom. The van der Waals surface area contributed by atoms with Crippen LogP contribution in [0.25, 0.3) is 0 Å². The molecule has 0 spiro atoms. The molecule has 0 N–H and O–H groups in total. The molecular weight excluding hydrogens is 293 g/mol. The molecule has 1 amide bonds. The number of carbonyl (C=O) groups excluding carboxylic acids is 1. The fraction of sp³-hybridized carbons (Fsp3) is 0.316. The van der Waals surface area contributed by atoms with Crippen molar-refractivity contribution in [3.63, 3.8) is 0 Å². The van der Waals surface area contributed by atoms with Crippen LogP contribution < -0.4 is 0 Å². The third-order valence-corrected chi connectivity index (χ3v) is 4.10. The number of amides is 1. The van der Waals surface area contributed by atoms with Gasteiger partial charge in [0.2, 0.25) is 0 Å². The largest absolute Gasteiger partial charge is 0.375 e. The van der Waals surface area contributed by atoms with E-state index < -0.39 is 0 Å². The highest BCUT2D eigenvalue weighted by molar-refractivity contribution is 5.94. The van der Waals surface area contributed by atoms with Crippen LogP contribution in [0.1, 0.15) is 22.3 Å². The third kappa shape index (κ3) is 4.17. The molecule has 0 aromatic heterocycles. The number of hydrogen-bond acceptors (Lipinski definition) is 2. The second-order valence-electron chi connectivity index (χ2n) is 5.78. The van der Waals surface area contributed by atoms with E-state index in [1.807, 2.05) is 18.2 Å². The Morgan fingerprint density at radius 1 is 1.17 bits per heavy atom. The molecule has 2 aromatic rings. The van der Waals surface area contributed by atoms with E-state index in [4.69, 9.17) is 4.74 Å². The summed E-state index contributed by atoms with van der Waals surface area (Å²) in [6, 6.07) is 16.1. The van der Waals surface area contributed by atoms with E-state index in [1.165, 1.54) is 17.7 Å². The van der Waals surface area contributed by atoms with Gasteiger partial charge in [0.1, 0.15) is 5.82 Å². The highest BCUT2D eigenvalue weighted by Crippen LogP contribution is 2.15. The number of aryl methyl sites for hydroxylation is 1. The standard InChI is InChI=1S/C19H20FNO2/c20-17-8-4-7-16(13-17)19(22)21-11-12-23-18(14-21)10-9-15-5-2-1-3-6-15/h1-8,13,18H,9-12,14H2. The van der Waals surface area contributed by atoms with Gasteiger partial charge in [0.25, 0.3) is 5.91 Å². The molecule has 3 rings (SSSR count). The van der Waals surface area contributed by atoms with Crippen molar-refractivity contribution in [3.8, 4) is 0 Å². The maximum atomic E-state index is 13.3. The molecule has 120 valence electrons. The fourth-order valence-corrected chi connectivity index (χ4v) is 2.85. The molecule has 1 atom stereocenters. The van der Waals surface area contributed by atoms with Crippen molar-refractivity contribution in [1.29, 1.82) is 0 Å². The van der Waals surface area contributed by atoms with E-state index >= 15 is 0 Å². The number of ether oxygens (including phenoxy) is 1. The van der Waals surface area contributed by atoms with Crippen molar-refractivity contribution in [2.75, 3.05) is 19.7 Å². The highest BCUT2D eigenvalue weighted by Gasteiger charge is 2.25. The molecule has 4 heteroatoms. The van der Waals surface area contributed by atoms with Crippen LogP contribution in [-0.4, -0.2) is 36.6 Å². The lowest BCUT2D eigenvalue weighted by atomic mass is 10.1. The Kier molecular flexibility index (Phi) is 5.03. The molecule has 0 aliphatic carbocycles. The van der Waals surface area contributed by atoms with Gasteiger partial charge in [-0.15, -0.1) is 0 Å². The lowest BCUT2D eigenvalue weighted by Gasteiger charge is -2.33. The molecule has 1 fully saturated rings. The zero-order valence-corrected chi connectivity index (χ0v) is 13.0. The smallest absolute Gasteiger partial charge is 0.254 e. The predicted octanol–water partition coefficient (Wildman–Crippen LogP) is 3.30. The summed E-state index contributed by atoms with van der Waals surface area (Å²) in [4.78, 5) is 14.2. The summed E-state index contributed by atoms with van der Waals surface area (Å²) in [5.74, 6) is -0.512. The molecule has 0 radical (unpaired) electrons. The molecule has 1 heterocycles. The molecule has 1 aliphatic rings. The van der Waals surface area contributed by atoms with Crippen LogP contribution in [0.15, 0.2) is 54.6 Å². The monoisotopic (exact) mass is 313 g/mol. The predicted molar refractivity (Wildman–Crippen MR) is 86.8 cm³/mol. The minimum atomic E-state index is -0.385. The average Bonchev–Trinajstić information content (AvgIpc) is 2.60. The van der Waals surface area contributed by atoms with Gasteiger partial charge in [-0.1, -0.05) is 36.4 Å². The number of morpholine rings is 1. The van der Waals surface area contributed by atoms with Crippen LogP contribution in [0.2, 0.25) is 0 Å². The van der Waals surface area contributed by atoms with Crippen molar-refractivity contribution >= 4 is 5.91 Å². The van der Waals surface area contributed by atoms with Gasteiger partial charge < -0.3 is 9.64 Å². The van der Waals surface area contributed by atoms with E-state index in [-0.39, 0.29) is 17.8 Å². The average molecular weight is 313 g/mol.